The summed E-state index contributed by atoms with van der Waals surface area (Å²) in [6.45, 7) is 12.7. The van der Waals surface area contributed by atoms with Crippen LogP contribution in [0.1, 0.15) is 91.2 Å². The predicted molar refractivity (Wildman–Crippen MR) is 257 cm³/mol. The summed E-state index contributed by atoms with van der Waals surface area (Å²) >= 11 is 0. The number of nitrogens with one attached hydrogen (secondary N) is 5. The number of carbonyl (C=O) groups is 8. The maximum absolute atomic E-state index is 14.4. The van der Waals surface area contributed by atoms with Gasteiger partial charge in [0.1, 0.15) is 18.1 Å². The number of ether oxygens (including phenoxy) is 2. The van der Waals surface area contributed by atoms with E-state index in [9.17, 15) is 38.4 Å². The number of terminal acetylenes is 1. The first-order valence-corrected chi connectivity index (χ1v) is 23.6. The largest absolute Gasteiger partial charge is 0.451 e. The smallest absolute Gasteiger partial charge is 0.307 e. The van der Waals surface area contributed by atoms with Crippen molar-refractivity contribution < 1.29 is 47.8 Å². The molecule has 1 heterocycles. The second-order valence-electron chi connectivity index (χ2n) is 18.3. The molecule has 17 nitrogen and oxygen atoms in total. The highest BCUT2D eigenvalue weighted by atomic mass is 16.6. The summed E-state index contributed by atoms with van der Waals surface area (Å²) < 4.78 is 11.1. The second-order valence-corrected chi connectivity index (χ2v) is 18.3. The van der Waals surface area contributed by atoms with Crippen LogP contribution >= 0.6 is 0 Å². The van der Waals surface area contributed by atoms with Crippen LogP contribution in [0.4, 0.5) is 0 Å². The fraction of sp³-hybridized carbons (Fsp3) is 0.569. The molecule has 0 unspecified atom stereocenters. The SMILES string of the molecule is C#CCN(C)C(=O)CNC(=O)CCC(=O)O[C@](C)(CC)C(=O)[C@H](CC(C)C)NC(=O)[C@H](Cc1ccccc1)NC(=O)[C@H](CC(C)C)NC(=O)[C@H](CCc1ccccc1)NC(=O)CN1CCOCC1. The van der Waals surface area contributed by atoms with E-state index < -0.39 is 71.1 Å². The van der Waals surface area contributed by atoms with Crippen molar-refractivity contribution in [2.75, 3.05) is 53.0 Å². The summed E-state index contributed by atoms with van der Waals surface area (Å²) in [4.78, 5) is 112. The third-order valence-corrected chi connectivity index (χ3v) is 11.6. The van der Waals surface area contributed by atoms with Gasteiger partial charge < -0.3 is 41.0 Å². The van der Waals surface area contributed by atoms with Crippen molar-refractivity contribution in [2.45, 2.75) is 123 Å². The summed E-state index contributed by atoms with van der Waals surface area (Å²) in [5, 5.41) is 14.0. The highest BCUT2D eigenvalue weighted by molar-refractivity contribution is 5.99. The van der Waals surface area contributed by atoms with Gasteiger partial charge in [0.2, 0.25) is 35.4 Å². The Labute approximate surface area is 402 Å². The number of amides is 6. The Morgan fingerprint density at radius 3 is 1.88 bits per heavy atom. The number of nitrogens with zero attached hydrogens (tertiary/aromatic N) is 2. The number of hydrogen-bond acceptors (Lipinski definition) is 11. The number of Topliss-reactive ketones (excluding diaryl/α,β-unsaturated/α-hetero) is 1. The summed E-state index contributed by atoms with van der Waals surface area (Å²) in [6.07, 6.45) is 5.77. The van der Waals surface area contributed by atoms with Crippen LogP contribution in [0.5, 0.6) is 0 Å². The second kappa shape index (κ2) is 28.9. The fourth-order valence-electron chi connectivity index (χ4n) is 7.51. The molecule has 6 amide bonds. The van der Waals surface area contributed by atoms with E-state index in [2.05, 4.69) is 32.5 Å². The van der Waals surface area contributed by atoms with E-state index in [0.29, 0.717) is 38.3 Å². The molecule has 5 atom stereocenters. The average molecular weight is 944 g/mol. The number of benzene rings is 2. The first kappa shape index (κ1) is 56.2. The van der Waals surface area contributed by atoms with Crippen molar-refractivity contribution in [3.63, 3.8) is 0 Å². The number of carbonyl (C=O) groups excluding carboxylic acids is 8. The maximum atomic E-state index is 14.4. The summed E-state index contributed by atoms with van der Waals surface area (Å²) in [5.74, 6) is -2.39. The Morgan fingerprint density at radius 1 is 0.750 bits per heavy atom. The van der Waals surface area contributed by atoms with Gasteiger partial charge in [0, 0.05) is 33.0 Å². The van der Waals surface area contributed by atoms with Crippen LogP contribution in [0.3, 0.4) is 0 Å². The molecule has 372 valence electrons. The van der Waals surface area contributed by atoms with Crippen molar-refractivity contribution in [1.82, 2.24) is 36.4 Å². The van der Waals surface area contributed by atoms with Crippen LogP contribution < -0.4 is 26.6 Å². The normalized spacial score (nSPS) is 15.3. The fourth-order valence-corrected chi connectivity index (χ4v) is 7.51. The van der Waals surface area contributed by atoms with Gasteiger partial charge in [0.25, 0.3) is 0 Å². The summed E-state index contributed by atoms with van der Waals surface area (Å²) in [6, 6.07) is 14.1. The Bertz CT molecular complexity index is 2020. The summed E-state index contributed by atoms with van der Waals surface area (Å²) in [5.41, 5.74) is -0.0104. The monoisotopic (exact) mass is 944 g/mol. The molecule has 1 aliphatic heterocycles. The number of morpholine rings is 1. The molecular formula is C51H73N7O10. The number of esters is 1. The minimum atomic E-state index is -1.70. The molecule has 1 saturated heterocycles. The van der Waals surface area contributed by atoms with Gasteiger partial charge in [0.05, 0.1) is 45.3 Å². The molecule has 5 N–H and O–H groups in total. The van der Waals surface area contributed by atoms with Crippen molar-refractivity contribution in [3.05, 3.63) is 71.8 Å². The number of ketones is 1. The minimum Gasteiger partial charge on any atom is -0.451 e. The van der Waals surface area contributed by atoms with Gasteiger partial charge in [-0.15, -0.1) is 6.42 Å². The molecule has 1 fully saturated rings. The van der Waals surface area contributed by atoms with E-state index in [-0.39, 0.29) is 82.3 Å². The molecule has 0 spiro atoms. The molecule has 0 aliphatic carbocycles. The van der Waals surface area contributed by atoms with Gasteiger partial charge in [-0.3, -0.25) is 43.3 Å². The van der Waals surface area contributed by atoms with Crippen LogP contribution in [-0.4, -0.2) is 140 Å². The van der Waals surface area contributed by atoms with Crippen LogP contribution in [0.2, 0.25) is 0 Å². The first-order valence-electron chi connectivity index (χ1n) is 23.6. The number of hydrogen-bond donors (Lipinski definition) is 5. The van der Waals surface area contributed by atoms with Crippen LogP contribution in [0.25, 0.3) is 0 Å². The van der Waals surface area contributed by atoms with Gasteiger partial charge >= 0.3 is 5.97 Å². The number of rotatable bonds is 28. The first-order chi connectivity index (χ1) is 32.3. The van der Waals surface area contributed by atoms with E-state index in [1.807, 2.05) is 69.0 Å². The van der Waals surface area contributed by atoms with Crippen molar-refractivity contribution in [2.24, 2.45) is 11.8 Å². The summed E-state index contributed by atoms with van der Waals surface area (Å²) in [7, 11) is 1.50. The molecule has 0 radical (unpaired) electrons. The van der Waals surface area contributed by atoms with E-state index in [0.717, 1.165) is 5.56 Å². The van der Waals surface area contributed by atoms with E-state index >= 15 is 0 Å². The third kappa shape index (κ3) is 20.0. The van der Waals surface area contributed by atoms with E-state index in [1.165, 1.54) is 18.9 Å². The highest BCUT2D eigenvalue weighted by Crippen LogP contribution is 2.23. The lowest BCUT2D eigenvalue weighted by molar-refractivity contribution is -0.168. The van der Waals surface area contributed by atoms with Gasteiger partial charge in [-0.2, -0.15) is 0 Å². The van der Waals surface area contributed by atoms with Gasteiger partial charge in [-0.05, 0) is 62.0 Å². The predicted octanol–water partition coefficient (Wildman–Crippen LogP) is 2.49. The molecule has 0 saturated carbocycles. The lowest BCUT2D eigenvalue weighted by atomic mass is 9.87. The standard InChI is InChI=1S/C51H73N7O10/c1-9-25-57(8)45(61)33-52-43(59)23-24-46(62)68-51(7,10-2)47(63)40(30-35(3)4)54-50(66)42(32-38-19-15-12-16-20-38)56-49(65)41(31-36(5)6)55-48(64)39(22-21-37-17-13-11-14-18-37)53-44(60)34-58-26-28-67-29-27-58/h1,11-20,35-36,39-42H,10,21-34H2,2-8H3,(H,52,59)(H,53,60)(H,54,66)(H,55,64)(H,56,65)/t39-,40-,41-,42-,51+/m0/s1. The molecule has 2 aromatic rings. The van der Waals surface area contributed by atoms with Gasteiger partial charge in [0.15, 0.2) is 11.4 Å². The van der Waals surface area contributed by atoms with Gasteiger partial charge in [-0.1, -0.05) is 101 Å². The van der Waals surface area contributed by atoms with Crippen LogP contribution in [0, 0.1) is 24.2 Å². The number of aryl methyl sites for hydroxylation is 1. The molecular weight excluding hydrogens is 871 g/mol. The van der Waals surface area contributed by atoms with Crippen LogP contribution in [0.15, 0.2) is 60.7 Å². The highest BCUT2D eigenvalue weighted by Gasteiger charge is 2.42. The Hall–Kier alpha value is -6.12. The average Bonchev–Trinajstić information content (AvgIpc) is 3.31. The van der Waals surface area contributed by atoms with Crippen LogP contribution in [-0.2, 0) is 60.7 Å². The molecule has 68 heavy (non-hydrogen) atoms. The van der Waals surface area contributed by atoms with Crippen molar-refractivity contribution >= 4 is 47.2 Å². The lowest BCUT2D eigenvalue weighted by Gasteiger charge is -2.33. The Morgan fingerprint density at radius 2 is 1.29 bits per heavy atom. The Balaban J connectivity index is 1.81. The lowest BCUT2D eigenvalue weighted by Crippen LogP contribution is -2.60. The van der Waals surface area contributed by atoms with E-state index in [1.54, 1.807) is 31.2 Å². The number of likely N-dealkylation sites (N-methyl/N-ethyl adjacent to an activating group) is 1. The Kier molecular flexibility index (Phi) is 23.9. The zero-order valence-electron chi connectivity index (χ0n) is 40.9. The van der Waals surface area contributed by atoms with Crippen molar-refractivity contribution in [3.8, 4) is 12.3 Å². The minimum absolute atomic E-state index is 0.0362. The van der Waals surface area contributed by atoms with Gasteiger partial charge in [-0.25, -0.2) is 0 Å². The molecule has 3 rings (SSSR count). The molecule has 0 bridgehead atoms. The quantitative estimate of drug-likeness (QED) is 0.0617. The van der Waals surface area contributed by atoms with Crippen molar-refractivity contribution in [1.29, 1.82) is 0 Å². The maximum Gasteiger partial charge on any atom is 0.307 e. The molecule has 1 aliphatic rings. The third-order valence-electron chi connectivity index (χ3n) is 11.6. The molecule has 0 aromatic heterocycles. The topological polar surface area (TPSA) is 222 Å². The zero-order valence-corrected chi connectivity index (χ0v) is 40.9. The van der Waals surface area contributed by atoms with E-state index in [4.69, 9.17) is 15.9 Å². The zero-order chi connectivity index (χ0) is 50.2. The molecule has 2 aromatic carbocycles. The molecule has 17 heteroatoms.